The monoisotopic (exact) mass is 402 g/mol. The molecule has 0 bridgehead atoms. The summed E-state index contributed by atoms with van der Waals surface area (Å²) in [5, 5.41) is 19.7. The molecule has 0 aliphatic carbocycles. The van der Waals surface area contributed by atoms with Crippen molar-refractivity contribution in [2.24, 2.45) is 11.8 Å². The van der Waals surface area contributed by atoms with Crippen LogP contribution in [0.3, 0.4) is 0 Å². The predicted molar refractivity (Wildman–Crippen MR) is 122 cm³/mol. The topological polar surface area (TPSA) is 57.5 Å². The highest BCUT2D eigenvalue weighted by molar-refractivity contribution is 5.71. The van der Waals surface area contributed by atoms with Gasteiger partial charge in [-0.1, -0.05) is 81.5 Å². The number of carboxylic acids is 1. The second-order valence-corrected chi connectivity index (χ2v) is 8.35. The van der Waals surface area contributed by atoms with Crippen LogP contribution in [0.2, 0.25) is 0 Å². The zero-order valence-electron chi connectivity index (χ0n) is 18.6. The zero-order chi connectivity index (χ0) is 21.3. The van der Waals surface area contributed by atoms with Crippen LogP contribution in [0.1, 0.15) is 90.0 Å². The van der Waals surface area contributed by atoms with Crippen molar-refractivity contribution < 1.29 is 15.0 Å². The Morgan fingerprint density at radius 2 is 1.55 bits per heavy atom. The minimum atomic E-state index is -0.871. The molecule has 0 fully saturated rings. The molecule has 1 aromatic rings. The number of hydrogen-bond acceptors (Lipinski definition) is 2. The Labute approximate surface area is 178 Å². The fourth-order valence-electron chi connectivity index (χ4n) is 4.07. The fraction of sp³-hybridized carbons (Fsp3) is 0.654. The van der Waals surface area contributed by atoms with Gasteiger partial charge in [0, 0.05) is 0 Å². The molecule has 164 valence electrons. The first kappa shape index (κ1) is 25.4. The van der Waals surface area contributed by atoms with Crippen molar-refractivity contribution in [3.63, 3.8) is 0 Å². The second-order valence-electron chi connectivity index (χ2n) is 8.35. The third-order valence-corrected chi connectivity index (χ3v) is 5.80. The molecular formula is C26H42O3. The molecule has 0 saturated carbocycles. The number of benzene rings is 1. The van der Waals surface area contributed by atoms with Gasteiger partial charge in [0.25, 0.3) is 0 Å². The molecule has 1 aromatic carbocycles. The van der Waals surface area contributed by atoms with Gasteiger partial charge in [0.2, 0.25) is 0 Å². The molecule has 3 heteroatoms. The largest absolute Gasteiger partial charge is 0.481 e. The number of rotatable bonds is 17. The van der Waals surface area contributed by atoms with Gasteiger partial charge in [-0.15, -0.1) is 0 Å². The van der Waals surface area contributed by atoms with Gasteiger partial charge in [-0.05, 0) is 63.4 Å². The molecule has 0 spiro atoms. The van der Waals surface area contributed by atoms with E-state index < -0.39 is 18.0 Å². The second kappa shape index (κ2) is 16.2. The van der Waals surface area contributed by atoms with Gasteiger partial charge in [0.05, 0.1) is 12.0 Å². The van der Waals surface area contributed by atoms with Gasteiger partial charge in [-0.25, -0.2) is 0 Å². The van der Waals surface area contributed by atoms with Gasteiger partial charge in [-0.2, -0.15) is 0 Å². The number of aryl methyl sites for hydroxylation is 1. The molecule has 0 aliphatic rings. The van der Waals surface area contributed by atoms with Crippen molar-refractivity contribution in [3.05, 3.63) is 48.0 Å². The number of carboxylic acid groups (broad SMARTS) is 1. The van der Waals surface area contributed by atoms with E-state index in [0.29, 0.717) is 0 Å². The molecule has 0 unspecified atom stereocenters. The molecule has 0 saturated heterocycles. The summed E-state index contributed by atoms with van der Waals surface area (Å²) < 4.78 is 0. The van der Waals surface area contributed by atoms with E-state index in [1.165, 1.54) is 37.7 Å². The summed E-state index contributed by atoms with van der Waals surface area (Å²) in [6.07, 6.45) is 17.2. The SMILES string of the molecule is CCCCCC/C=C\CCCCC[C@H](CCc1ccccc1)[C@H](C(=O)O)[C@H](C)O. The molecule has 3 atom stereocenters. The van der Waals surface area contributed by atoms with Gasteiger partial charge in [0.15, 0.2) is 0 Å². The maximum absolute atomic E-state index is 11.7. The highest BCUT2D eigenvalue weighted by Gasteiger charge is 2.31. The Kier molecular flexibility index (Phi) is 14.2. The van der Waals surface area contributed by atoms with E-state index in [9.17, 15) is 15.0 Å². The maximum Gasteiger partial charge on any atom is 0.309 e. The van der Waals surface area contributed by atoms with E-state index in [1.807, 2.05) is 18.2 Å². The van der Waals surface area contributed by atoms with Crippen LogP contribution >= 0.6 is 0 Å². The first-order valence-corrected chi connectivity index (χ1v) is 11.7. The van der Waals surface area contributed by atoms with Crippen LogP contribution in [0.15, 0.2) is 42.5 Å². The van der Waals surface area contributed by atoms with Crippen LogP contribution in [0.25, 0.3) is 0 Å². The molecule has 0 aromatic heterocycles. The highest BCUT2D eigenvalue weighted by atomic mass is 16.4. The van der Waals surface area contributed by atoms with Crippen molar-refractivity contribution in [3.8, 4) is 0 Å². The van der Waals surface area contributed by atoms with Crippen LogP contribution in [0.4, 0.5) is 0 Å². The molecule has 0 heterocycles. The van der Waals surface area contributed by atoms with E-state index in [2.05, 4.69) is 31.2 Å². The smallest absolute Gasteiger partial charge is 0.309 e. The Balaban J connectivity index is 2.37. The molecule has 3 nitrogen and oxygen atoms in total. The Morgan fingerprint density at radius 3 is 2.10 bits per heavy atom. The van der Waals surface area contributed by atoms with E-state index in [0.717, 1.165) is 44.9 Å². The van der Waals surface area contributed by atoms with Crippen molar-refractivity contribution in [2.75, 3.05) is 0 Å². The minimum Gasteiger partial charge on any atom is -0.481 e. The third kappa shape index (κ3) is 11.9. The lowest BCUT2D eigenvalue weighted by Gasteiger charge is -2.26. The first-order chi connectivity index (χ1) is 14.1. The van der Waals surface area contributed by atoms with Gasteiger partial charge in [-0.3, -0.25) is 4.79 Å². The van der Waals surface area contributed by atoms with Crippen LogP contribution in [-0.2, 0) is 11.2 Å². The summed E-state index contributed by atoms with van der Waals surface area (Å²) in [6, 6.07) is 10.2. The fourth-order valence-corrected chi connectivity index (χ4v) is 4.07. The highest BCUT2D eigenvalue weighted by Crippen LogP contribution is 2.28. The molecule has 2 N–H and O–H groups in total. The van der Waals surface area contributed by atoms with Crippen LogP contribution < -0.4 is 0 Å². The number of carbonyl (C=O) groups is 1. The molecule has 0 radical (unpaired) electrons. The van der Waals surface area contributed by atoms with Crippen molar-refractivity contribution in [2.45, 2.75) is 97.0 Å². The number of aliphatic hydroxyl groups is 1. The Bertz CT molecular complexity index is 550. The minimum absolute atomic E-state index is 0.0156. The Morgan fingerprint density at radius 1 is 0.931 bits per heavy atom. The number of aliphatic carboxylic acids is 1. The average Bonchev–Trinajstić information content (AvgIpc) is 2.70. The van der Waals surface area contributed by atoms with Gasteiger partial charge in [0.1, 0.15) is 0 Å². The lowest BCUT2D eigenvalue weighted by Crippen LogP contribution is -2.33. The van der Waals surface area contributed by atoms with Crippen molar-refractivity contribution in [1.29, 1.82) is 0 Å². The molecule has 1 rings (SSSR count). The van der Waals surface area contributed by atoms with E-state index in [1.54, 1.807) is 6.92 Å². The van der Waals surface area contributed by atoms with Crippen molar-refractivity contribution in [1.82, 2.24) is 0 Å². The van der Waals surface area contributed by atoms with Crippen LogP contribution in [-0.4, -0.2) is 22.3 Å². The summed E-state index contributed by atoms with van der Waals surface area (Å²) >= 11 is 0. The summed E-state index contributed by atoms with van der Waals surface area (Å²) in [5.74, 6) is -1.53. The molecule has 29 heavy (non-hydrogen) atoms. The summed E-state index contributed by atoms with van der Waals surface area (Å²) in [6.45, 7) is 3.85. The standard InChI is InChI=1S/C26H42O3/c1-3-4-5-6-7-8-9-10-11-12-16-19-24(25(22(2)27)26(28)29)21-20-23-17-14-13-15-18-23/h8-9,13-15,17-18,22,24-25,27H,3-7,10-12,16,19-21H2,1-2H3,(H,28,29)/b9-8-/t22-,24+,25+/m0/s1. The average molecular weight is 403 g/mol. The Hall–Kier alpha value is -1.61. The first-order valence-electron chi connectivity index (χ1n) is 11.7. The quantitative estimate of drug-likeness (QED) is 0.223. The van der Waals surface area contributed by atoms with E-state index in [4.69, 9.17) is 0 Å². The van der Waals surface area contributed by atoms with Gasteiger partial charge < -0.3 is 10.2 Å². The predicted octanol–water partition coefficient (Wildman–Crippen LogP) is 6.79. The van der Waals surface area contributed by atoms with Crippen molar-refractivity contribution >= 4 is 5.97 Å². The lowest BCUT2D eigenvalue weighted by atomic mass is 9.80. The number of aliphatic hydroxyl groups excluding tert-OH is 1. The number of unbranched alkanes of at least 4 members (excludes halogenated alkanes) is 7. The molecule has 0 aliphatic heterocycles. The summed E-state index contributed by atoms with van der Waals surface area (Å²) in [7, 11) is 0. The molecule has 0 amide bonds. The zero-order valence-corrected chi connectivity index (χ0v) is 18.6. The molecular weight excluding hydrogens is 360 g/mol. The maximum atomic E-state index is 11.7. The number of hydrogen-bond donors (Lipinski definition) is 2. The summed E-state index contributed by atoms with van der Waals surface area (Å²) in [5.41, 5.74) is 1.23. The van der Waals surface area contributed by atoms with E-state index >= 15 is 0 Å². The lowest BCUT2D eigenvalue weighted by molar-refractivity contribution is -0.148. The van der Waals surface area contributed by atoms with Gasteiger partial charge >= 0.3 is 5.97 Å². The van der Waals surface area contributed by atoms with Crippen LogP contribution in [0.5, 0.6) is 0 Å². The summed E-state index contributed by atoms with van der Waals surface area (Å²) in [4.78, 5) is 11.7. The van der Waals surface area contributed by atoms with Crippen LogP contribution in [0, 0.1) is 11.8 Å². The number of allylic oxidation sites excluding steroid dienone is 2. The normalized spacial score (nSPS) is 14.7. The van der Waals surface area contributed by atoms with E-state index in [-0.39, 0.29) is 5.92 Å². The third-order valence-electron chi connectivity index (χ3n) is 5.80.